The molecule has 20 heavy (non-hydrogen) atoms. The van der Waals surface area contributed by atoms with Crippen LogP contribution in [-0.4, -0.2) is 24.8 Å². The lowest BCUT2D eigenvalue weighted by atomic mass is 10.1. The van der Waals surface area contributed by atoms with Crippen LogP contribution >= 0.6 is 0 Å². The van der Waals surface area contributed by atoms with Gasteiger partial charge in [-0.05, 0) is 50.5 Å². The molecule has 1 rings (SSSR count). The Morgan fingerprint density at radius 3 is 2.85 bits per heavy atom. The number of unbranched alkanes of at least 4 members (excludes halogenated alkanes) is 1. The topological polar surface area (TPSA) is 58.2 Å². The van der Waals surface area contributed by atoms with E-state index in [1.807, 2.05) is 6.92 Å². The summed E-state index contributed by atoms with van der Waals surface area (Å²) in [5.74, 6) is -0.409. The van der Waals surface area contributed by atoms with Crippen molar-refractivity contribution in [1.29, 1.82) is 0 Å². The van der Waals surface area contributed by atoms with E-state index in [9.17, 15) is 14.0 Å². The highest BCUT2D eigenvalue weighted by atomic mass is 19.1. The van der Waals surface area contributed by atoms with E-state index in [2.05, 4.69) is 10.6 Å². The van der Waals surface area contributed by atoms with Crippen LogP contribution in [0, 0.1) is 12.7 Å². The molecule has 1 amide bonds. The summed E-state index contributed by atoms with van der Waals surface area (Å²) >= 11 is 0. The van der Waals surface area contributed by atoms with Crippen molar-refractivity contribution in [3.8, 4) is 0 Å². The Labute approximate surface area is 118 Å². The van der Waals surface area contributed by atoms with Gasteiger partial charge in [0.2, 0.25) is 5.91 Å². The Morgan fingerprint density at radius 2 is 2.20 bits per heavy atom. The summed E-state index contributed by atoms with van der Waals surface area (Å²) in [5.41, 5.74) is 1.51. The van der Waals surface area contributed by atoms with Gasteiger partial charge in [0.1, 0.15) is 12.1 Å². The van der Waals surface area contributed by atoms with Crippen LogP contribution < -0.4 is 10.6 Å². The zero-order valence-corrected chi connectivity index (χ0v) is 11.9. The predicted molar refractivity (Wildman–Crippen MR) is 77.1 cm³/mol. The minimum absolute atomic E-state index is 0.0403. The molecule has 1 atom stereocenters. The Morgan fingerprint density at radius 1 is 1.45 bits per heavy atom. The normalized spacial score (nSPS) is 11.8. The highest BCUT2D eigenvalue weighted by Gasteiger charge is 2.07. The Bertz CT molecular complexity index is 463. The maximum absolute atomic E-state index is 12.9. The maximum atomic E-state index is 12.9. The SMILES string of the molecule is Cc1cc(F)ccc1NCC(=O)NC(C)CCCC=O. The third kappa shape index (κ3) is 5.82. The quantitative estimate of drug-likeness (QED) is 0.568. The number of aryl methyl sites for hydroxylation is 1. The van der Waals surface area contributed by atoms with Crippen molar-refractivity contribution in [2.75, 3.05) is 11.9 Å². The summed E-state index contributed by atoms with van der Waals surface area (Å²) < 4.78 is 12.9. The minimum Gasteiger partial charge on any atom is -0.376 e. The first kappa shape index (κ1) is 16.1. The van der Waals surface area contributed by atoms with Crippen molar-refractivity contribution in [3.05, 3.63) is 29.6 Å². The number of hydrogen-bond acceptors (Lipinski definition) is 3. The van der Waals surface area contributed by atoms with Crippen molar-refractivity contribution in [3.63, 3.8) is 0 Å². The molecular weight excluding hydrogens is 259 g/mol. The summed E-state index contributed by atoms with van der Waals surface area (Å²) in [4.78, 5) is 21.9. The van der Waals surface area contributed by atoms with Gasteiger partial charge in [0.15, 0.2) is 0 Å². The molecule has 2 N–H and O–H groups in total. The van der Waals surface area contributed by atoms with E-state index in [4.69, 9.17) is 0 Å². The molecule has 0 aromatic heterocycles. The number of amides is 1. The fraction of sp³-hybridized carbons (Fsp3) is 0.467. The Hall–Kier alpha value is -1.91. The molecule has 0 aliphatic rings. The average Bonchev–Trinajstić information content (AvgIpc) is 2.38. The Balaban J connectivity index is 2.33. The van der Waals surface area contributed by atoms with Crippen molar-refractivity contribution < 1.29 is 14.0 Å². The highest BCUT2D eigenvalue weighted by Crippen LogP contribution is 2.15. The minimum atomic E-state index is -0.290. The zero-order chi connectivity index (χ0) is 15.0. The highest BCUT2D eigenvalue weighted by molar-refractivity contribution is 5.81. The number of rotatable bonds is 8. The molecule has 0 radical (unpaired) electrons. The van der Waals surface area contributed by atoms with Gasteiger partial charge in [-0.15, -0.1) is 0 Å². The first-order valence-corrected chi connectivity index (χ1v) is 6.76. The van der Waals surface area contributed by atoms with E-state index in [1.165, 1.54) is 12.1 Å². The molecule has 0 bridgehead atoms. The standard InChI is InChI=1S/C15H21FN2O2/c1-11-9-13(16)6-7-14(11)17-10-15(20)18-12(2)5-3-4-8-19/h6-9,12,17H,3-5,10H2,1-2H3,(H,18,20). The molecule has 0 fully saturated rings. The lowest BCUT2D eigenvalue weighted by Crippen LogP contribution is -2.36. The fourth-order valence-corrected chi connectivity index (χ4v) is 1.91. The van der Waals surface area contributed by atoms with Gasteiger partial charge in [-0.2, -0.15) is 0 Å². The van der Waals surface area contributed by atoms with Crippen LogP contribution in [0.2, 0.25) is 0 Å². The summed E-state index contributed by atoms with van der Waals surface area (Å²) in [6.07, 6.45) is 2.95. The molecule has 1 aromatic rings. The average molecular weight is 280 g/mol. The molecule has 0 heterocycles. The van der Waals surface area contributed by atoms with Gasteiger partial charge in [-0.1, -0.05) is 0 Å². The molecular formula is C15H21FN2O2. The van der Waals surface area contributed by atoms with Crippen LogP contribution in [0.25, 0.3) is 0 Å². The van der Waals surface area contributed by atoms with Crippen LogP contribution in [0.4, 0.5) is 10.1 Å². The lowest BCUT2D eigenvalue weighted by molar-refractivity contribution is -0.120. The second-order valence-corrected chi connectivity index (χ2v) is 4.88. The number of carbonyl (C=O) groups excluding carboxylic acids is 2. The second-order valence-electron chi connectivity index (χ2n) is 4.88. The molecule has 0 aliphatic carbocycles. The largest absolute Gasteiger partial charge is 0.376 e. The van der Waals surface area contributed by atoms with E-state index in [1.54, 1.807) is 13.0 Å². The fourth-order valence-electron chi connectivity index (χ4n) is 1.91. The number of benzene rings is 1. The zero-order valence-electron chi connectivity index (χ0n) is 11.9. The van der Waals surface area contributed by atoms with E-state index >= 15 is 0 Å². The van der Waals surface area contributed by atoms with Crippen LogP contribution in [-0.2, 0) is 9.59 Å². The van der Waals surface area contributed by atoms with Gasteiger partial charge in [0.25, 0.3) is 0 Å². The van der Waals surface area contributed by atoms with Gasteiger partial charge < -0.3 is 15.4 Å². The monoisotopic (exact) mass is 280 g/mol. The molecule has 0 aliphatic heterocycles. The third-order valence-electron chi connectivity index (χ3n) is 2.99. The van der Waals surface area contributed by atoms with Crippen LogP contribution in [0.5, 0.6) is 0 Å². The van der Waals surface area contributed by atoms with Crippen molar-refractivity contribution >= 4 is 17.9 Å². The molecule has 1 aromatic carbocycles. The van der Waals surface area contributed by atoms with E-state index in [0.717, 1.165) is 30.4 Å². The van der Waals surface area contributed by atoms with Crippen molar-refractivity contribution in [2.24, 2.45) is 0 Å². The van der Waals surface area contributed by atoms with Gasteiger partial charge in [0.05, 0.1) is 6.54 Å². The van der Waals surface area contributed by atoms with Gasteiger partial charge in [-0.3, -0.25) is 4.79 Å². The van der Waals surface area contributed by atoms with E-state index in [-0.39, 0.29) is 24.3 Å². The van der Waals surface area contributed by atoms with Crippen LogP contribution in [0.3, 0.4) is 0 Å². The van der Waals surface area contributed by atoms with Gasteiger partial charge in [-0.25, -0.2) is 4.39 Å². The van der Waals surface area contributed by atoms with Crippen molar-refractivity contribution in [1.82, 2.24) is 5.32 Å². The number of halogens is 1. The predicted octanol–water partition coefficient (Wildman–Crippen LogP) is 2.42. The van der Waals surface area contributed by atoms with Gasteiger partial charge in [0, 0.05) is 18.2 Å². The van der Waals surface area contributed by atoms with Gasteiger partial charge >= 0.3 is 0 Å². The van der Waals surface area contributed by atoms with Crippen molar-refractivity contribution in [2.45, 2.75) is 39.2 Å². The molecule has 5 heteroatoms. The molecule has 1 unspecified atom stereocenters. The lowest BCUT2D eigenvalue weighted by Gasteiger charge is -2.14. The molecule has 4 nitrogen and oxygen atoms in total. The van der Waals surface area contributed by atoms with E-state index in [0.29, 0.717) is 6.42 Å². The van der Waals surface area contributed by atoms with E-state index < -0.39 is 0 Å². The first-order chi connectivity index (χ1) is 9.52. The number of hydrogen-bond donors (Lipinski definition) is 2. The summed E-state index contributed by atoms with van der Waals surface area (Å²) in [5, 5.41) is 5.83. The molecule has 110 valence electrons. The summed E-state index contributed by atoms with van der Waals surface area (Å²) in [6, 6.07) is 4.43. The molecule has 0 spiro atoms. The second kappa shape index (κ2) is 8.30. The van der Waals surface area contributed by atoms with Crippen LogP contribution in [0.15, 0.2) is 18.2 Å². The number of carbonyl (C=O) groups is 2. The molecule has 0 saturated carbocycles. The summed E-state index contributed by atoms with van der Waals surface area (Å²) in [7, 11) is 0. The van der Waals surface area contributed by atoms with Crippen LogP contribution in [0.1, 0.15) is 31.7 Å². The first-order valence-electron chi connectivity index (χ1n) is 6.76. The maximum Gasteiger partial charge on any atom is 0.239 e. The Kier molecular flexibility index (Phi) is 6.70. The number of nitrogens with one attached hydrogen (secondary N) is 2. The summed E-state index contributed by atoms with van der Waals surface area (Å²) in [6.45, 7) is 3.84. The third-order valence-corrected chi connectivity index (χ3v) is 2.99. The smallest absolute Gasteiger partial charge is 0.239 e. The number of anilines is 1. The number of aldehydes is 1. The molecule has 0 saturated heterocycles.